The van der Waals surface area contributed by atoms with Gasteiger partial charge in [-0.3, -0.25) is 25.2 Å². The lowest BCUT2D eigenvalue weighted by Crippen LogP contribution is -2.41. The van der Waals surface area contributed by atoms with Crippen LogP contribution in [-0.4, -0.2) is 25.2 Å². The number of sulfonamides is 1. The number of aromatic nitrogens is 1. The fourth-order valence-electron chi connectivity index (χ4n) is 2.43. The highest BCUT2D eigenvalue weighted by Gasteiger charge is 2.20. The van der Waals surface area contributed by atoms with E-state index in [-0.39, 0.29) is 15.5 Å². The topological polar surface area (TPSA) is 117 Å². The van der Waals surface area contributed by atoms with Gasteiger partial charge in [0, 0.05) is 0 Å². The van der Waals surface area contributed by atoms with Crippen LogP contribution >= 0.6 is 22.7 Å². The Hall–Kier alpha value is -2.76. The summed E-state index contributed by atoms with van der Waals surface area (Å²) in [6.45, 7) is 3.66. The molecule has 3 rings (SSSR count). The van der Waals surface area contributed by atoms with Crippen molar-refractivity contribution in [2.45, 2.75) is 24.5 Å². The first-order valence-electron chi connectivity index (χ1n) is 8.54. The SMILES string of the molecule is CCc1nc(C)c(C(=O)NNC(=O)c2ccccc2NS(=O)(=O)c2cccs2)s1. The summed E-state index contributed by atoms with van der Waals surface area (Å²) in [4.78, 5) is 29.6. The van der Waals surface area contributed by atoms with Gasteiger partial charge in [-0.15, -0.1) is 22.7 Å². The molecule has 0 aliphatic carbocycles. The molecule has 8 nitrogen and oxygen atoms in total. The van der Waals surface area contributed by atoms with Crippen LogP contribution in [0.4, 0.5) is 5.69 Å². The van der Waals surface area contributed by atoms with Crippen molar-refractivity contribution in [2.75, 3.05) is 4.72 Å². The van der Waals surface area contributed by atoms with Gasteiger partial charge in [0.1, 0.15) is 9.09 Å². The van der Waals surface area contributed by atoms with Crippen LogP contribution in [0.25, 0.3) is 0 Å². The number of aryl methyl sites for hydroxylation is 2. The molecular formula is C18H18N4O4S3. The van der Waals surface area contributed by atoms with E-state index in [9.17, 15) is 18.0 Å². The number of hydrogen-bond acceptors (Lipinski definition) is 7. The maximum absolute atomic E-state index is 12.5. The second-order valence-corrected chi connectivity index (χ2v) is 9.81. The first-order chi connectivity index (χ1) is 13.8. The number of hydrazine groups is 1. The van der Waals surface area contributed by atoms with E-state index in [4.69, 9.17) is 0 Å². The predicted octanol–water partition coefficient (Wildman–Crippen LogP) is 2.95. The highest BCUT2D eigenvalue weighted by atomic mass is 32.2. The molecule has 0 atom stereocenters. The molecule has 2 heterocycles. The Morgan fingerprint density at radius 1 is 1.07 bits per heavy atom. The Bertz CT molecular complexity index is 1140. The molecule has 0 saturated carbocycles. The van der Waals surface area contributed by atoms with Crippen molar-refractivity contribution in [1.82, 2.24) is 15.8 Å². The lowest BCUT2D eigenvalue weighted by atomic mass is 10.2. The summed E-state index contributed by atoms with van der Waals surface area (Å²) < 4.78 is 27.4. The molecule has 0 aliphatic rings. The molecule has 2 amide bonds. The van der Waals surface area contributed by atoms with E-state index in [1.165, 1.54) is 29.5 Å². The van der Waals surface area contributed by atoms with Crippen LogP contribution in [0.2, 0.25) is 0 Å². The van der Waals surface area contributed by atoms with Crippen LogP contribution in [-0.2, 0) is 16.4 Å². The van der Waals surface area contributed by atoms with Gasteiger partial charge in [0.05, 0.1) is 22.0 Å². The molecule has 0 aliphatic heterocycles. The van der Waals surface area contributed by atoms with E-state index in [1.54, 1.807) is 30.5 Å². The van der Waals surface area contributed by atoms with Crippen LogP contribution in [0.3, 0.4) is 0 Å². The third-order valence-electron chi connectivity index (χ3n) is 3.82. The van der Waals surface area contributed by atoms with E-state index >= 15 is 0 Å². The van der Waals surface area contributed by atoms with Crippen molar-refractivity contribution in [3.05, 3.63) is 62.9 Å². The van der Waals surface area contributed by atoms with Crippen LogP contribution in [0, 0.1) is 6.92 Å². The fraction of sp³-hybridized carbons (Fsp3) is 0.167. The van der Waals surface area contributed by atoms with E-state index in [0.717, 1.165) is 16.3 Å². The molecule has 1 aromatic carbocycles. The Labute approximate surface area is 176 Å². The normalized spacial score (nSPS) is 11.1. The second kappa shape index (κ2) is 8.72. The summed E-state index contributed by atoms with van der Waals surface area (Å²) in [5.74, 6) is -1.13. The van der Waals surface area contributed by atoms with Crippen LogP contribution in [0.5, 0.6) is 0 Å². The van der Waals surface area contributed by atoms with Crippen molar-refractivity contribution >= 4 is 50.2 Å². The molecule has 0 radical (unpaired) electrons. The van der Waals surface area contributed by atoms with Gasteiger partial charge in [-0.25, -0.2) is 13.4 Å². The molecule has 29 heavy (non-hydrogen) atoms. The van der Waals surface area contributed by atoms with Gasteiger partial charge in [0.25, 0.3) is 21.8 Å². The molecule has 0 unspecified atom stereocenters. The molecule has 2 aromatic heterocycles. The molecule has 0 spiro atoms. The number of carbonyl (C=O) groups excluding carboxylic acids is 2. The number of nitrogens with one attached hydrogen (secondary N) is 3. The van der Waals surface area contributed by atoms with Crippen LogP contribution < -0.4 is 15.6 Å². The number of rotatable bonds is 6. The molecule has 0 bridgehead atoms. The summed E-state index contributed by atoms with van der Waals surface area (Å²) >= 11 is 2.33. The zero-order valence-electron chi connectivity index (χ0n) is 15.6. The van der Waals surface area contributed by atoms with Crippen molar-refractivity contribution < 1.29 is 18.0 Å². The van der Waals surface area contributed by atoms with Gasteiger partial charge in [-0.1, -0.05) is 25.1 Å². The summed E-state index contributed by atoms with van der Waals surface area (Å²) in [6, 6.07) is 9.23. The zero-order chi connectivity index (χ0) is 21.0. The lowest BCUT2D eigenvalue weighted by molar-refractivity contribution is 0.0849. The van der Waals surface area contributed by atoms with Gasteiger partial charge >= 0.3 is 0 Å². The zero-order valence-corrected chi connectivity index (χ0v) is 18.0. The van der Waals surface area contributed by atoms with Gasteiger partial charge < -0.3 is 0 Å². The number of thiophene rings is 1. The van der Waals surface area contributed by atoms with E-state index < -0.39 is 21.8 Å². The van der Waals surface area contributed by atoms with Gasteiger partial charge in [-0.2, -0.15) is 0 Å². The third-order valence-corrected chi connectivity index (χ3v) is 7.88. The number of benzene rings is 1. The van der Waals surface area contributed by atoms with Gasteiger partial charge in [0.2, 0.25) is 0 Å². The molecule has 0 saturated heterocycles. The second-order valence-electron chi connectivity index (χ2n) is 5.87. The molecule has 152 valence electrons. The third kappa shape index (κ3) is 4.81. The lowest BCUT2D eigenvalue weighted by Gasteiger charge is -2.12. The Morgan fingerprint density at radius 3 is 2.45 bits per heavy atom. The Morgan fingerprint density at radius 2 is 1.79 bits per heavy atom. The quantitative estimate of drug-likeness (QED) is 0.499. The van der Waals surface area contributed by atoms with Crippen molar-refractivity contribution in [2.24, 2.45) is 0 Å². The van der Waals surface area contributed by atoms with Crippen LogP contribution in [0.15, 0.2) is 46.0 Å². The average Bonchev–Trinajstić information content (AvgIpc) is 3.36. The molecule has 3 aromatic rings. The number of carbonyl (C=O) groups is 2. The summed E-state index contributed by atoms with van der Waals surface area (Å²) in [5.41, 5.74) is 5.44. The van der Waals surface area contributed by atoms with E-state index in [1.807, 2.05) is 6.92 Å². The number of amides is 2. The van der Waals surface area contributed by atoms with E-state index in [2.05, 4.69) is 20.6 Å². The number of nitrogens with zero attached hydrogens (tertiary/aromatic N) is 1. The number of para-hydroxylation sites is 1. The fourth-order valence-corrected chi connectivity index (χ4v) is 5.41. The Balaban J connectivity index is 1.73. The molecule has 0 fully saturated rings. The highest BCUT2D eigenvalue weighted by molar-refractivity contribution is 7.94. The summed E-state index contributed by atoms with van der Waals surface area (Å²) in [6.07, 6.45) is 0.711. The average molecular weight is 451 g/mol. The largest absolute Gasteiger partial charge is 0.281 e. The first kappa shape index (κ1) is 21.0. The molecule has 3 N–H and O–H groups in total. The van der Waals surface area contributed by atoms with Crippen molar-refractivity contribution in [3.63, 3.8) is 0 Å². The summed E-state index contributed by atoms with van der Waals surface area (Å²) in [7, 11) is -3.81. The maximum Gasteiger partial charge on any atom is 0.281 e. The number of anilines is 1. The highest BCUT2D eigenvalue weighted by Crippen LogP contribution is 2.23. The molecule has 11 heteroatoms. The van der Waals surface area contributed by atoms with Gasteiger partial charge in [-0.05, 0) is 36.9 Å². The van der Waals surface area contributed by atoms with Crippen LogP contribution in [0.1, 0.15) is 37.7 Å². The summed E-state index contributed by atoms with van der Waals surface area (Å²) in [5, 5.41) is 2.47. The maximum atomic E-state index is 12.5. The molecular weight excluding hydrogens is 432 g/mol. The standard InChI is InChI=1S/C18H18N4O4S3/c1-3-14-19-11(2)16(28-14)18(24)21-20-17(23)12-7-4-5-8-13(12)22-29(25,26)15-9-6-10-27-15/h4-10,22H,3H2,1-2H3,(H,20,23)(H,21,24). The minimum atomic E-state index is -3.81. The van der Waals surface area contributed by atoms with E-state index in [0.29, 0.717) is 17.0 Å². The predicted molar refractivity (Wildman–Crippen MR) is 113 cm³/mol. The minimum absolute atomic E-state index is 0.0724. The first-order valence-corrected chi connectivity index (χ1v) is 11.7. The smallest absolute Gasteiger partial charge is 0.278 e. The van der Waals surface area contributed by atoms with Gasteiger partial charge in [0.15, 0.2) is 0 Å². The monoisotopic (exact) mass is 450 g/mol. The number of thiazole rings is 1. The minimum Gasteiger partial charge on any atom is -0.278 e. The number of hydrogen-bond donors (Lipinski definition) is 3. The van der Waals surface area contributed by atoms with Crippen molar-refractivity contribution in [1.29, 1.82) is 0 Å². The van der Waals surface area contributed by atoms with Crippen molar-refractivity contribution in [3.8, 4) is 0 Å². The Kier molecular flexibility index (Phi) is 6.30.